The molecule has 1 fully saturated rings. The van der Waals surface area contributed by atoms with E-state index >= 15 is 0 Å². The van der Waals surface area contributed by atoms with Gasteiger partial charge in [-0.05, 0) is 6.92 Å². The first-order valence-electron chi connectivity index (χ1n) is 6.62. The minimum Gasteiger partial charge on any atom is -0.496 e. The molecule has 0 amide bonds. The maximum absolute atomic E-state index is 13.9. The fraction of sp³-hybridized carbons (Fsp3) is 0.333. The minimum atomic E-state index is -1.38. The molecule has 0 atom stereocenters. The predicted octanol–water partition coefficient (Wildman–Crippen LogP) is 2.41. The van der Waals surface area contributed by atoms with Crippen LogP contribution in [0.2, 0.25) is 0 Å². The summed E-state index contributed by atoms with van der Waals surface area (Å²) in [5, 5.41) is 2.35. The first-order valence-corrected chi connectivity index (χ1v) is 6.62. The standard InChI is InChI=1S/C15H15F2NO5/c1-7-10(21-4)5-9(12(17)11(7)16)18-6-8-13(19)22-15(2,3)23-14(8)20/h5-6,18H,1-4H3. The second-order valence-corrected chi connectivity index (χ2v) is 5.26. The Bertz CT molecular complexity index is 690. The highest BCUT2D eigenvalue weighted by atomic mass is 19.2. The summed E-state index contributed by atoms with van der Waals surface area (Å²) in [6.07, 6.45) is 0.895. The molecule has 0 aromatic heterocycles. The maximum Gasteiger partial charge on any atom is 0.350 e. The van der Waals surface area contributed by atoms with Crippen molar-refractivity contribution in [2.75, 3.05) is 12.4 Å². The van der Waals surface area contributed by atoms with Crippen LogP contribution in [-0.4, -0.2) is 24.8 Å². The number of hydrogen-bond acceptors (Lipinski definition) is 6. The van der Waals surface area contributed by atoms with Crippen LogP contribution in [0.5, 0.6) is 5.75 Å². The molecule has 1 saturated heterocycles. The molecule has 0 radical (unpaired) electrons. The number of carbonyl (C=O) groups excluding carboxylic acids is 2. The molecule has 124 valence electrons. The van der Waals surface area contributed by atoms with Gasteiger partial charge in [0.2, 0.25) is 0 Å². The molecule has 0 saturated carbocycles. The van der Waals surface area contributed by atoms with Crippen LogP contribution in [0.15, 0.2) is 17.8 Å². The van der Waals surface area contributed by atoms with Crippen LogP contribution in [0.25, 0.3) is 0 Å². The largest absolute Gasteiger partial charge is 0.496 e. The van der Waals surface area contributed by atoms with E-state index in [1.54, 1.807) is 0 Å². The molecule has 0 aliphatic carbocycles. The minimum absolute atomic E-state index is 0.00133. The summed E-state index contributed by atoms with van der Waals surface area (Å²) in [6.45, 7) is 4.15. The molecule has 0 bridgehead atoms. The van der Waals surface area contributed by atoms with Gasteiger partial charge in [0, 0.05) is 31.7 Å². The molecule has 8 heteroatoms. The smallest absolute Gasteiger partial charge is 0.350 e. The van der Waals surface area contributed by atoms with Crippen LogP contribution in [-0.2, 0) is 19.1 Å². The van der Waals surface area contributed by atoms with E-state index in [0.29, 0.717) is 0 Å². The van der Waals surface area contributed by atoms with Crippen molar-refractivity contribution in [2.24, 2.45) is 0 Å². The fourth-order valence-electron chi connectivity index (χ4n) is 1.94. The number of benzene rings is 1. The Morgan fingerprint density at radius 2 is 1.74 bits per heavy atom. The molecular formula is C15H15F2NO5. The second-order valence-electron chi connectivity index (χ2n) is 5.26. The lowest BCUT2D eigenvalue weighted by atomic mass is 10.1. The maximum atomic E-state index is 13.9. The first-order chi connectivity index (χ1) is 10.7. The van der Waals surface area contributed by atoms with Gasteiger partial charge in [-0.3, -0.25) is 0 Å². The number of cyclic esters (lactones) is 2. The van der Waals surface area contributed by atoms with E-state index in [1.807, 2.05) is 0 Å². The first kappa shape index (κ1) is 16.7. The highest BCUT2D eigenvalue weighted by molar-refractivity contribution is 6.15. The van der Waals surface area contributed by atoms with E-state index in [-0.39, 0.29) is 17.0 Å². The average Bonchev–Trinajstić information content (AvgIpc) is 2.45. The predicted molar refractivity (Wildman–Crippen MR) is 75.6 cm³/mol. The summed E-state index contributed by atoms with van der Waals surface area (Å²) < 4.78 is 42.3. The Labute approximate surface area is 131 Å². The Kier molecular flexibility index (Phi) is 4.26. The zero-order chi connectivity index (χ0) is 17.4. The number of anilines is 1. The fourth-order valence-corrected chi connectivity index (χ4v) is 1.94. The van der Waals surface area contributed by atoms with E-state index in [0.717, 1.165) is 6.20 Å². The lowest BCUT2D eigenvalue weighted by molar-refractivity contribution is -0.222. The van der Waals surface area contributed by atoms with Crippen molar-refractivity contribution in [2.45, 2.75) is 26.6 Å². The van der Waals surface area contributed by atoms with Gasteiger partial charge < -0.3 is 19.5 Å². The number of ether oxygens (including phenoxy) is 3. The van der Waals surface area contributed by atoms with Crippen molar-refractivity contribution in [3.05, 3.63) is 35.0 Å². The topological polar surface area (TPSA) is 73.9 Å². The van der Waals surface area contributed by atoms with Crippen molar-refractivity contribution in [3.63, 3.8) is 0 Å². The van der Waals surface area contributed by atoms with Gasteiger partial charge in [-0.25, -0.2) is 18.4 Å². The quantitative estimate of drug-likeness (QED) is 0.522. The van der Waals surface area contributed by atoms with Crippen molar-refractivity contribution in [1.82, 2.24) is 0 Å². The molecule has 1 heterocycles. The number of carbonyl (C=O) groups is 2. The summed E-state index contributed by atoms with van der Waals surface area (Å²) in [5.74, 6) is -5.40. The van der Waals surface area contributed by atoms with Crippen molar-refractivity contribution >= 4 is 17.6 Å². The molecular weight excluding hydrogens is 312 g/mol. The van der Waals surface area contributed by atoms with E-state index in [2.05, 4.69) is 5.32 Å². The SMILES string of the molecule is COc1cc(NC=C2C(=O)OC(C)(C)OC2=O)c(F)c(F)c1C. The number of esters is 2. The average molecular weight is 327 g/mol. The highest BCUT2D eigenvalue weighted by Crippen LogP contribution is 2.30. The third kappa shape index (κ3) is 3.25. The van der Waals surface area contributed by atoms with Gasteiger partial charge in [-0.2, -0.15) is 0 Å². The van der Waals surface area contributed by atoms with Gasteiger partial charge >= 0.3 is 11.9 Å². The van der Waals surface area contributed by atoms with Gasteiger partial charge in [0.1, 0.15) is 5.75 Å². The van der Waals surface area contributed by atoms with Gasteiger partial charge in [0.15, 0.2) is 17.2 Å². The molecule has 1 aliphatic heterocycles. The number of methoxy groups -OCH3 is 1. The molecule has 1 aromatic carbocycles. The van der Waals surface area contributed by atoms with Crippen molar-refractivity contribution < 1.29 is 32.6 Å². The van der Waals surface area contributed by atoms with Gasteiger partial charge in [-0.15, -0.1) is 0 Å². The van der Waals surface area contributed by atoms with Gasteiger partial charge in [-0.1, -0.05) is 0 Å². The van der Waals surface area contributed by atoms with E-state index < -0.39 is 34.9 Å². The van der Waals surface area contributed by atoms with Crippen LogP contribution >= 0.6 is 0 Å². The van der Waals surface area contributed by atoms with Crippen LogP contribution in [0.4, 0.5) is 14.5 Å². The normalized spacial score (nSPS) is 16.5. The van der Waals surface area contributed by atoms with Crippen molar-refractivity contribution in [1.29, 1.82) is 0 Å². The van der Waals surface area contributed by atoms with Gasteiger partial charge in [0.05, 0.1) is 12.8 Å². The van der Waals surface area contributed by atoms with E-state index in [4.69, 9.17) is 14.2 Å². The number of hydrogen-bond donors (Lipinski definition) is 1. The summed E-state index contributed by atoms with van der Waals surface area (Å²) in [7, 11) is 1.31. The molecule has 0 spiro atoms. The summed E-state index contributed by atoms with van der Waals surface area (Å²) >= 11 is 0. The highest BCUT2D eigenvalue weighted by Gasteiger charge is 2.39. The third-order valence-corrected chi connectivity index (χ3v) is 3.11. The second kappa shape index (κ2) is 5.86. The number of halogens is 2. The molecule has 1 aromatic rings. The monoisotopic (exact) mass is 327 g/mol. The van der Waals surface area contributed by atoms with Crippen molar-refractivity contribution in [3.8, 4) is 5.75 Å². The Morgan fingerprint density at radius 3 is 2.26 bits per heavy atom. The molecule has 0 unspecified atom stereocenters. The van der Waals surface area contributed by atoms with Crippen LogP contribution < -0.4 is 10.1 Å². The molecule has 1 N–H and O–H groups in total. The molecule has 6 nitrogen and oxygen atoms in total. The van der Waals surface area contributed by atoms with Gasteiger partial charge in [0.25, 0.3) is 5.79 Å². The summed E-state index contributed by atoms with van der Waals surface area (Å²) in [5.41, 5.74) is -0.770. The van der Waals surface area contributed by atoms with Crippen LogP contribution in [0.3, 0.4) is 0 Å². The number of nitrogens with one attached hydrogen (secondary N) is 1. The summed E-state index contributed by atoms with van der Waals surface area (Å²) in [4.78, 5) is 23.5. The summed E-state index contributed by atoms with van der Waals surface area (Å²) in [6, 6.07) is 1.20. The van der Waals surface area contributed by atoms with E-state index in [9.17, 15) is 18.4 Å². The Balaban J connectivity index is 2.32. The Hall–Kier alpha value is -2.64. The van der Waals surface area contributed by atoms with E-state index in [1.165, 1.54) is 33.9 Å². The number of rotatable bonds is 3. The Morgan fingerprint density at radius 1 is 1.17 bits per heavy atom. The third-order valence-electron chi connectivity index (χ3n) is 3.11. The molecule has 1 aliphatic rings. The zero-order valence-electron chi connectivity index (χ0n) is 13.0. The van der Waals surface area contributed by atoms with Crippen LogP contribution in [0, 0.1) is 18.6 Å². The van der Waals surface area contributed by atoms with Crippen LogP contribution in [0.1, 0.15) is 19.4 Å². The lowest BCUT2D eigenvalue weighted by Gasteiger charge is -2.29. The molecule has 2 rings (SSSR count). The lowest BCUT2D eigenvalue weighted by Crippen LogP contribution is -2.42. The molecule has 23 heavy (non-hydrogen) atoms. The zero-order valence-corrected chi connectivity index (χ0v) is 13.0.